The van der Waals surface area contributed by atoms with Crippen molar-refractivity contribution in [2.24, 2.45) is 0 Å². The minimum Gasteiger partial charge on any atom is -0.338 e. The molecule has 0 aliphatic carbocycles. The van der Waals surface area contributed by atoms with Crippen LogP contribution in [0.3, 0.4) is 0 Å². The summed E-state index contributed by atoms with van der Waals surface area (Å²) in [6, 6.07) is 21.1. The molecular weight excluding hydrogens is 390 g/mol. The van der Waals surface area contributed by atoms with Gasteiger partial charge >= 0.3 is 0 Å². The van der Waals surface area contributed by atoms with Gasteiger partial charge in [0.25, 0.3) is 5.91 Å². The first kappa shape index (κ1) is 16.5. The van der Waals surface area contributed by atoms with Gasteiger partial charge in [-0.05, 0) is 48.9 Å². The second-order valence-electron chi connectivity index (χ2n) is 6.10. The van der Waals surface area contributed by atoms with E-state index >= 15 is 0 Å². The molecule has 0 fully saturated rings. The number of hydrogen-bond acceptors (Lipinski definition) is 2. The maximum Gasteiger partial charge on any atom is 0.255 e. The molecule has 0 saturated carbocycles. The van der Waals surface area contributed by atoms with E-state index in [9.17, 15) is 4.79 Å². The minimum absolute atomic E-state index is 0.142. The van der Waals surface area contributed by atoms with E-state index in [0.29, 0.717) is 5.56 Å². The third-order valence-electron chi connectivity index (χ3n) is 4.24. The van der Waals surface area contributed by atoms with Gasteiger partial charge < -0.3 is 10.3 Å². The molecule has 4 nitrogen and oxygen atoms in total. The second-order valence-corrected chi connectivity index (χ2v) is 6.95. The molecule has 128 valence electrons. The van der Waals surface area contributed by atoms with Crippen molar-refractivity contribution in [3.05, 3.63) is 82.3 Å². The number of nitrogens with one attached hydrogen (secondary N) is 2. The second kappa shape index (κ2) is 6.77. The number of para-hydroxylation sites is 2. The number of aryl methyl sites for hydroxylation is 1. The molecule has 0 radical (unpaired) electrons. The van der Waals surface area contributed by atoms with E-state index in [1.807, 2.05) is 61.5 Å². The summed E-state index contributed by atoms with van der Waals surface area (Å²) in [5, 5.41) is 2.91. The number of imidazole rings is 1. The number of rotatable bonds is 3. The number of aromatic amines is 1. The molecule has 4 aromatic rings. The molecule has 1 amide bonds. The summed E-state index contributed by atoms with van der Waals surface area (Å²) >= 11 is 3.48. The average molecular weight is 406 g/mol. The SMILES string of the molecule is Cc1ccc(NC(=O)c2ccc(-c3nc4ccccc4[nH]3)cc2)cc1Br. The molecular formula is C21H16BrN3O. The molecule has 4 rings (SSSR count). The van der Waals surface area contributed by atoms with Gasteiger partial charge in [0.05, 0.1) is 11.0 Å². The van der Waals surface area contributed by atoms with Gasteiger partial charge in [-0.25, -0.2) is 4.98 Å². The summed E-state index contributed by atoms with van der Waals surface area (Å²) in [4.78, 5) is 20.3. The zero-order chi connectivity index (χ0) is 18.1. The maximum atomic E-state index is 12.4. The number of nitrogens with zero attached hydrogens (tertiary/aromatic N) is 1. The lowest BCUT2D eigenvalue weighted by atomic mass is 10.1. The van der Waals surface area contributed by atoms with Crippen molar-refractivity contribution in [3.8, 4) is 11.4 Å². The number of benzene rings is 3. The van der Waals surface area contributed by atoms with Crippen LogP contribution in [0.5, 0.6) is 0 Å². The zero-order valence-electron chi connectivity index (χ0n) is 14.1. The number of fused-ring (bicyclic) bond motifs is 1. The van der Waals surface area contributed by atoms with Crippen molar-refractivity contribution in [2.45, 2.75) is 6.92 Å². The van der Waals surface area contributed by atoms with Gasteiger partial charge in [-0.1, -0.05) is 46.3 Å². The Kier molecular flexibility index (Phi) is 4.31. The van der Waals surface area contributed by atoms with E-state index in [4.69, 9.17) is 0 Å². The Labute approximate surface area is 159 Å². The van der Waals surface area contributed by atoms with Crippen LogP contribution in [0.15, 0.2) is 71.2 Å². The highest BCUT2D eigenvalue weighted by Crippen LogP contribution is 2.23. The molecule has 0 saturated heterocycles. The molecule has 3 aromatic carbocycles. The van der Waals surface area contributed by atoms with Gasteiger partial charge in [0, 0.05) is 21.3 Å². The fourth-order valence-corrected chi connectivity index (χ4v) is 3.12. The molecule has 5 heteroatoms. The lowest BCUT2D eigenvalue weighted by Crippen LogP contribution is -2.11. The molecule has 0 unspecified atom stereocenters. The Morgan fingerprint density at radius 1 is 1.04 bits per heavy atom. The molecule has 1 heterocycles. The first-order valence-corrected chi connectivity index (χ1v) is 9.02. The average Bonchev–Trinajstić information content (AvgIpc) is 3.09. The van der Waals surface area contributed by atoms with Gasteiger partial charge in [0.1, 0.15) is 5.82 Å². The molecule has 0 bridgehead atoms. The molecule has 26 heavy (non-hydrogen) atoms. The highest BCUT2D eigenvalue weighted by atomic mass is 79.9. The smallest absolute Gasteiger partial charge is 0.255 e. The summed E-state index contributed by atoms with van der Waals surface area (Å²) in [5.74, 6) is 0.650. The standard InChI is InChI=1S/C21H16BrN3O/c1-13-6-11-16(12-17(13)22)23-21(26)15-9-7-14(8-10-15)20-24-18-4-2-3-5-19(18)25-20/h2-12H,1H3,(H,23,26)(H,24,25). The Morgan fingerprint density at radius 2 is 1.81 bits per heavy atom. The Bertz CT molecular complexity index is 1070. The number of hydrogen-bond donors (Lipinski definition) is 2. The number of aromatic nitrogens is 2. The molecule has 0 atom stereocenters. The maximum absolute atomic E-state index is 12.4. The van der Waals surface area contributed by atoms with Crippen molar-refractivity contribution in [1.82, 2.24) is 9.97 Å². The van der Waals surface area contributed by atoms with Crippen LogP contribution in [0.1, 0.15) is 15.9 Å². The minimum atomic E-state index is -0.142. The van der Waals surface area contributed by atoms with Gasteiger partial charge in [-0.2, -0.15) is 0 Å². The van der Waals surface area contributed by atoms with Gasteiger partial charge in [0.2, 0.25) is 0 Å². The normalized spacial score (nSPS) is 10.8. The van der Waals surface area contributed by atoms with Gasteiger partial charge in [0.15, 0.2) is 0 Å². The molecule has 0 spiro atoms. The Balaban J connectivity index is 1.54. The van der Waals surface area contributed by atoms with Gasteiger partial charge in [-0.15, -0.1) is 0 Å². The van der Waals surface area contributed by atoms with E-state index in [1.165, 1.54) is 0 Å². The van der Waals surface area contributed by atoms with Crippen LogP contribution in [0.4, 0.5) is 5.69 Å². The van der Waals surface area contributed by atoms with Crippen molar-refractivity contribution >= 4 is 38.6 Å². The molecule has 2 N–H and O–H groups in total. The number of amides is 1. The van der Waals surface area contributed by atoms with Crippen LogP contribution in [0, 0.1) is 6.92 Å². The molecule has 1 aromatic heterocycles. The topological polar surface area (TPSA) is 57.8 Å². The fourth-order valence-electron chi connectivity index (χ4n) is 2.74. The third-order valence-corrected chi connectivity index (χ3v) is 5.09. The first-order chi connectivity index (χ1) is 12.6. The lowest BCUT2D eigenvalue weighted by Gasteiger charge is -2.07. The summed E-state index contributed by atoms with van der Waals surface area (Å²) in [6.07, 6.45) is 0. The van der Waals surface area contributed by atoms with Crippen LogP contribution in [-0.2, 0) is 0 Å². The van der Waals surface area contributed by atoms with Crippen molar-refractivity contribution in [2.75, 3.05) is 5.32 Å². The predicted molar refractivity (Wildman–Crippen MR) is 108 cm³/mol. The summed E-state index contributed by atoms with van der Waals surface area (Å²) in [6.45, 7) is 2.01. The van der Waals surface area contributed by atoms with E-state index < -0.39 is 0 Å². The van der Waals surface area contributed by atoms with Crippen LogP contribution in [0.2, 0.25) is 0 Å². The van der Waals surface area contributed by atoms with Crippen molar-refractivity contribution in [1.29, 1.82) is 0 Å². The number of anilines is 1. The van der Waals surface area contributed by atoms with Crippen molar-refractivity contribution < 1.29 is 4.79 Å². The van der Waals surface area contributed by atoms with E-state index in [-0.39, 0.29) is 5.91 Å². The molecule has 0 aliphatic rings. The third kappa shape index (κ3) is 3.26. The van der Waals surface area contributed by atoms with E-state index in [2.05, 4.69) is 31.2 Å². The van der Waals surface area contributed by atoms with Crippen LogP contribution < -0.4 is 5.32 Å². The summed E-state index contributed by atoms with van der Waals surface area (Å²) in [5.41, 5.74) is 5.34. The number of H-pyrrole nitrogens is 1. The highest BCUT2D eigenvalue weighted by Gasteiger charge is 2.09. The number of carbonyl (C=O) groups excluding carboxylic acids is 1. The fraction of sp³-hybridized carbons (Fsp3) is 0.0476. The van der Waals surface area contributed by atoms with Crippen LogP contribution in [-0.4, -0.2) is 15.9 Å². The van der Waals surface area contributed by atoms with Crippen molar-refractivity contribution in [3.63, 3.8) is 0 Å². The molecule has 0 aliphatic heterocycles. The Morgan fingerprint density at radius 3 is 2.54 bits per heavy atom. The monoisotopic (exact) mass is 405 g/mol. The summed E-state index contributed by atoms with van der Waals surface area (Å²) < 4.78 is 0.968. The van der Waals surface area contributed by atoms with Crippen LogP contribution >= 0.6 is 15.9 Å². The predicted octanol–water partition coefficient (Wildman–Crippen LogP) is 5.55. The van der Waals surface area contributed by atoms with E-state index in [0.717, 1.165) is 38.1 Å². The highest BCUT2D eigenvalue weighted by molar-refractivity contribution is 9.10. The lowest BCUT2D eigenvalue weighted by molar-refractivity contribution is 0.102. The zero-order valence-corrected chi connectivity index (χ0v) is 15.7. The number of carbonyl (C=O) groups is 1. The quantitative estimate of drug-likeness (QED) is 0.469. The van der Waals surface area contributed by atoms with Crippen LogP contribution in [0.25, 0.3) is 22.4 Å². The van der Waals surface area contributed by atoms with Gasteiger partial charge in [-0.3, -0.25) is 4.79 Å². The number of halogens is 1. The van der Waals surface area contributed by atoms with E-state index in [1.54, 1.807) is 12.1 Å². The summed E-state index contributed by atoms with van der Waals surface area (Å²) in [7, 11) is 0. The largest absolute Gasteiger partial charge is 0.338 e. The first-order valence-electron chi connectivity index (χ1n) is 8.23. The Hall–Kier alpha value is -2.92.